The van der Waals surface area contributed by atoms with Crippen LogP contribution in [0.3, 0.4) is 0 Å². The number of anilines is 2. The topological polar surface area (TPSA) is 75.7 Å². The third-order valence-electron chi connectivity index (χ3n) is 4.91. The van der Waals surface area contributed by atoms with E-state index in [0.29, 0.717) is 11.4 Å². The van der Waals surface area contributed by atoms with Gasteiger partial charge in [0, 0.05) is 15.4 Å². The Hall–Kier alpha value is -3.79. The van der Waals surface area contributed by atoms with Gasteiger partial charge < -0.3 is 10.1 Å². The molecular formula is C24H17F3N2O4S. The summed E-state index contributed by atoms with van der Waals surface area (Å²) in [6.07, 6.45) is -4.51. The van der Waals surface area contributed by atoms with Crippen molar-refractivity contribution >= 4 is 40.9 Å². The van der Waals surface area contributed by atoms with E-state index in [2.05, 4.69) is 5.32 Å². The van der Waals surface area contributed by atoms with Crippen molar-refractivity contribution in [2.45, 2.75) is 16.0 Å². The van der Waals surface area contributed by atoms with Crippen molar-refractivity contribution in [1.29, 1.82) is 0 Å². The Labute approximate surface area is 196 Å². The summed E-state index contributed by atoms with van der Waals surface area (Å²) in [4.78, 5) is 40.4. The van der Waals surface area contributed by atoms with Crippen molar-refractivity contribution in [3.05, 3.63) is 83.9 Å². The summed E-state index contributed by atoms with van der Waals surface area (Å²) >= 11 is 1.53. The van der Waals surface area contributed by atoms with Gasteiger partial charge in [0.15, 0.2) is 6.61 Å². The van der Waals surface area contributed by atoms with Crippen molar-refractivity contribution in [1.82, 2.24) is 5.32 Å². The number of amides is 2. The van der Waals surface area contributed by atoms with Gasteiger partial charge in [-0.3, -0.25) is 19.3 Å². The van der Waals surface area contributed by atoms with Crippen LogP contribution >= 0.6 is 11.8 Å². The molecule has 174 valence electrons. The molecule has 1 N–H and O–H groups in total. The van der Waals surface area contributed by atoms with Crippen LogP contribution in [0.25, 0.3) is 0 Å². The second-order valence-electron chi connectivity index (χ2n) is 7.19. The highest BCUT2D eigenvalue weighted by atomic mass is 32.2. The van der Waals surface area contributed by atoms with Crippen LogP contribution in [0.15, 0.2) is 82.6 Å². The maximum absolute atomic E-state index is 13.0. The molecule has 0 atom stereocenters. The Bertz CT molecular complexity index is 1200. The van der Waals surface area contributed by atoms with Crippen molar-refractivity contribution in [2.24, 2.45) is 0 Å². The predicted octanol–water partition coefficient (Wildman–Crippen LogP) is 4.81. The molecule has 2 amide bonds. The third-order valence-corrected chi connectivity index (χ3v) is 6.04. The maximum Gasteiger partial charge on any atom is 0.416 e. The highest BCUT2D eigenvalue weighted by Crippen LogP contribution is 2.47. The normalized spacial score (nSPS) is 12.4. The van der Waals surface area contributed by atoms with Crippen LogP contribution in [0.4, 0.5) is 24.5 Å². The van der Waals surface area contributed by atoms with Gasteiger partial charge in [0.1, 0.15) is 6.54 Å². The molecule has 1 heterocycles. The number of halogens is 3. The monoisotopic (exact) mass is 486 g/mol. The minimum atomic E-state index is -4.51. The van der Waals surface area contributed by atoms with E-state index >= 15 is 0 Å². The van der Waals surface area contributed by atoms with Crippen LogP contribution in [0.1, 0.15) is 15.9 Å². The van der Waals surface area contributed by atoms with Crippen LogP contribution in [-0.2, 0) is 20.5 Å². The number of benzene rings is 3. The highest BCUT2D eigenvalue weighted by Gasteiger charge is 2.30. The standard InChI is InChI=1S/C24H17F3N2O4S/c25-24(26,27)16-11-9-15(10-12-16)23(32)28-13-22(31)33-14-21(30)29-17-5-1-3-7-19(17)34-20-8-4-2-6-18(20)29/h1-12H,13-14H2,(H,28,32). The van der Waals surface area contributed by atoms with E-state index in [9.17, 15) is 27.6 Å². The second kappa shape index (κ2) is 9.60. The minimum Gasteiger partial charge on any atom is -0.454 e. The average Bonchev–Trinajstić information content (AvgIpc) is 2.83. The van der Waals surface area contributed by atoms with E-state index in [-0.39, 0.29) is 5.56 Å². The Morgan fingerprint density at radius 1 is 0.853 bits per heavy atom. The number of hydrogen-bond donors (Lipinski definition) is 1. The Morgan fingerprint density at radius 3 is 1.97 bits per heavy atom. The SMILES string of the molecule is O=C(CNC(=O)c1ccc(C(F)(F)F)cc1)OCC(=O)N1c2ccccc2Sc2ccccc21. The summed E-state index contributed by atoms with van der Waals surface area (Å²) in [5.74, 6) is -2.07. The van der Waals surface area contributed by atoms with E-state index in [4.69, 9.17) is 4.74 Å². The Balaban J connectivity index is 1.35. The zero-order valence-corrected chi connectivity index (χ0v) is 18.3. The van der Waals surface area contributed by atoms with Gasteiger partial charge in [-0.2, -0.15) is 13.2 Å². The number of nitrogens with zero attached hydrogens (tertiary/aromatic N) is 1. The highest BCUT2D eigenvalue weighted by molar-refractivity contribution is 7.99. The summed E-state index contributed by atoms with van der Waals surface area (Å²) in [6.45, 7) is -1.10. The Kier molecular flexibility index (Phi) is 6.60. The summed E-state index contributed by atoms with van der Waals surface area (Å²) in [5.41, 5.74) is 0.405. The van der Waals surface area contributed by atoms with Crippen LogP contribution in [-0.4, -0.2) is 30.9 Å². The molecule has 1 aliphatic rings. The van der Waals surface area contributed by atoms with E-state index in [1.165, 1.54) is 16.7 Å². The van der Waals surface area contributed by atoms with Crippen LogP contribution < -0.4 is 10.2 Å². The molecule has 3 aromatic rings. The number of fused-ring (bicyclic) bond motifs is 2. The van der Waals surface area contributed by atoms with Gasteiger partial charge in [-0.05, 0) is 48.5 Å². The quantitative estimate of drug-likeness (QED) is 0.524. The van der Waals surface area contributed by atoms with Crippen molar-refractivity contribution in [3.8, 4) is 0 Å². The fourth-order valence-electron chi connectivity index (χ4n) is 3.30. The second-order valence-corrected chi connectivity index (χ2v) is 8.27. The third kappa shape index (κ3) is 5.07. The number of carbonyl (C=O) groups is 3. The van der Waals surface area contributed by atoms with E-state index in [1.807, 2.05) is 24.3 Å². The zero-order chi connectivity index (χ0) is 24.3. The van der Waals surface area contributed by atoms with E-state index in [0.717, 1.165) is 34.1 Å². The van der Waals surface area contributed by atoms with Gasteiger partial charge in [-0.1, -0.05) is 36.0 Å². The van der Waals surface area contributed by atoms with Crippen molar-refractivity contribution < 1.29 is 32.3 Å². The molecule has 0 aromatic heterocycles. The van der Waals surface area contributed by atoms with Crippen molar-refractivity contribution in [2.75, 3.05) is 18.1 Å². The minimum absolute atomic E-state index is 0.0455. The molecule has 10 heteroatoms. The first-order chi connectivity index (χ1) is 16.2. The first kappa shape index (κ1) is 23.4. The largest absolute Gasteiger partial charge is 0.454 e. The van der Waals surface area contributed by atoms with Crippen LogP contribution in [0, 0.1) is 0 Å². The lowest BCUT2D eigenvalue weighted by Crippen LogP contribution is -2.35. The lowest BCUT2D eigenvalue weighted by Gasteiger charge is -2.30. The fraction of sp³-hybridized carbons (Fsp3) is 0.125. The number of esters is 1. The van der Waals surface area contributed by atoms with Gasteiger partial charge in [0.25, 0.3) is 11.8 Å². The first-order valence-electron chi connectivity index (χ1n) is 10.0. The molecule has 3 aromatic carbocycles. The molecule has 0 fully saturated rings. The molecule has 0 aliphatic carbocycles. The van der Waals surface area contributed by atoms with Crippen molar-refractivity contribution in [3.63, 3.8) is 0 Å². The molecule has 4 rings (SSSR count). The molecule has 0 bridgehead atoms. The van der Waals surface area contributed by atoms with Crippen LogP contribution in [0.5, 0.6) is 0 Å². The maximum atomic E-state index is 13.0. The lowest BCUT2D eigenvalue weighted by molar-refractivity contribution is -0.146. The molecule has 0 saturated heterocycles. The molecule has 0 unspecified atom stereocenters. The van der Waals surface area contributed by atoms with Gasteiger partial charge in [-0.15, -0.1) is 0 Å². The van der Waals surface area contributed by atoms with E-state index < -0.39 is 42.7 Å². The summed E-state index contributed by atoms with van der Waals surface area (Å²) in [7, 11) is 0. The van der Waals surface area contributed by atoms with Gasteiger partial charge in [0.2, 0.25) is 0 Å². The molecule has 1 aliphatic heterocycles. The zero-order valence-electron chi connectivity index (χ0n) is 17.5. The summed E-state index contributed by atoms with van der Waals surface area (Å²) in [6, 6.07) is 18.3. The molecule has 0 spiro atoms. The molecule has 0 saturated carbocycles. The average molecular weight is 486 g/mol. The molecule has 0 radical (unpaired) electrons. The predicted molar refractivity (Wildman–Crippen MR) is 119 cm³/mol. The number of rotatable bonds is 5. The molecule has 6 nitrogen and oxygen atoms in total. The lowest BCUT2D eigenvalue weighted by atomic mass is 10.1. The molecular weight excluding hydrogens is 469 g/mol. The van der Waals surface area contributed by atoms with E-state index in [1.54, 1.807) is 24.3 Å². The number of nitrogens with one attached hydrogen (secondary N) is 1. The van der Waals surface area contributed by atoms with Gasteiger partial charge >= 0.3 is 12.1 Å². The number of alkyl halides is 3. The first-order valence-corrected chi connectivity index (χ1v) is 10.9. The number of para-hydroxylation sites is 2. The number of carbonyl (C=O) groups excluding carboxylic acids is 3. The summed E-state index contributed by atoms with van der Waals surface area (Å²) in [5, 5.41) is 2.27. The smallest absolute Gasteiger partial charge is 0.416 e. The van der Waals surface area contributed by atoms with Gasteiger partial charge in [0.05, 0.1) is 16.9 Å². The molecule has 34 heavy (non-hydrogen) atoms. The number of ether oxygens (including phenoxy) is 1. The fourth-order valence-corrected chi connectivity index (χ4v) is 4.35. The van der Waals surface area contributed by atoms with Crippen LogP contribution in [0.2, 0.25) is 0 Å². The van der Waals surface area contributed by atoms with Gasteiger partial charge in [-0.25, -0.2) is 0 Å². The Morgan fingerprint density at radius 2 is 1.41 bits per heavy atom. The summed E-state index contributed by atoms with van der Waals surface area (Å²) < 4.78 is 42.9. The number of hydrogen-bond acceptors (Lipinski definition) is 5.